The SMILES string of the molecule is NC(CN1CCN(S(=O)(=O)c2ccccc2Br)CC1)=NO. The van der Waals surface area contributed by atoms with Crippen molar-refractivity contribution in [2.75, 3.05) is 32.7 Å². The summed E-state index contributed by atoms with van der Waals surface area (Å²) in [4.78, 5) is 2.22. The topological polar surface area (TPSA) is 99.2 Å². The van der Waals surface area contributed by atoms with Gasteiger partial charge in [0.05, 0.1) is 11.4 Å². The lowest BCUT2D eigenvalue weighted by Gasteiger charge is -2.33. The van der Waals surface area contributed by atoms with E-state index in [4.69, 9.17) is 10.9 Å². The highest BCUT2D eigenvalue weighted by atomic mass is 79.9. The monoisotopic (exact) mass is 376 g/mol. The fourth-order valence-corrected chi connectivity index (χ4v) is 4.57. The van der Waals surface area contributed by atoms with Crippen molar-refractivity contribution in [1.29, 1.82) is 0 Å². The molecule has 1 fully saturated rings. The summed E-state index contributed by atoms with van der Waals surface area (Å²) in [6, 6.07) is 6.77. The van der Waals surface area contributed by atoms with Gasteiger partial charge in [0.1, 0.15) is 0 Å². The minimum Gasteiger partial charge on any atom is -0.409 e. The number of sulfonamides is 1. The van der Waals surface area contributed by atoms with Crippen LogP contribution in [0.1, 0.15) is 0 Å². The Bertz CT molecular complexity index is 627. The Morgan fingerprint density at radius 2 is 1.90 bits per heavy atom. The van der Waals surface area contributed by atoms with Crippen molar-refractivity contribution in [3.63, 3.8) is 0 Å². The van der Waals surface area contributed by atoms with E-state index in [0.717, 1.165) is 0 Å². The molecule has 1 aliphatic rings. The molecule has 0 amide bonds. The second-order valence-electron chi connectivity index (χ2n) is 4.70. The van der Waals surface area contributed by atoms with Crippen molar-refractivity contribution in [3.8, 4) is 0 Å². The van der Waals surface area contributed by atoms with Crippen LogP contribution in [0.15, 0.2) is 38.8 Å². The van der Waals surface area contributed by atoms with E-state index in [0.29, 0.717) is 37.2 Å². The second-order valence-corrected chi connectivity index (χ2v) is 7.46. The molecule has 1 saturated heterocycles. The Morgan fingerprint density at radius 1 is 1.29 bits per heavy atom. The lowest BCUT2D eigenvalue weighted by molar-refractivity contribution is 0.206. The van der Waals surface area contributed by atoms with Crippen LogP contribution >= 0.6 is 15.9 Å². The van der Waals surface area contributed by atoms with Crippen molar-refractivity contribution >= 4 is 31.8 Å². The number of halogens is 1. The molecule has 1 heterocycles. The molecule has 0 spiro atoms. The van der Waals surface area contributed by atoms with E-state index >= 15 is 0 Å². The molecule has 0 saturated carbocycles. The summed E-state index contributed by atoms with van der Waals surface area (Å²) in [7, 11) is -3.50. The first-order valence-electron chi connectivity index (χ1n) is 6.38. The van der Waals surface area contributed by atoms with Crippen LogP contribution in [0.5, 0.6) is 0 Å². The molecule has 21 heavy (non-hydrogen) atoms. The number of amidine groups is 1. The van der Waals surface area contributed by atoms with Gasteiger partial charge in [-0.05, 0) is 28.1 Å². The van der Waals surface area contributed by atoms with Gasteiger partial charge in [0.25, 0.3) is 0 Å². The normalized spacial score (nSPS) is 18.8. The molecule has 0 unspecified atom stereocenters. The van der Waals surface area contributed by atoms with Crippen LogP contribution in [0.3, 0.4) is 0 Å². The van der Waals surface area contributed by atoms with Crippen LogP contribution in [0.2, 0.25) is 0 Å². The average Bonchev–Trinajstić information content (AvgIpc) is 2.48. The van der Waals surface area contributed by atoms with Crippen LogP contribution in [-0.2, 0) is 10.0 Å². The molecular weight excluding hydrogens is 360 g/mol. The fourth-order valence-electron chi connectivity index (χ4n) is 2.18. The van der Waals surface area contributed by atoms with E-state index in [1.54, 1.807) is 24.3 Å². The summed E-state index contributed by atoms with van der Waals surface area (Å²) in [5, 5.41) is 11.5. The van der Waals surface area contributed by atoms with Crippen molar-refractivity contribution in [2.24, 2.45) is 10.9 Å². The van der Waals surface area contributed by atoms with Gasteiger partial charge in [0.2, 0.25) is 10.0 Å². The van der Waals surface area contributed by atoms with Gasteiger partial charge in [-0.2, -0.15) is 4.31 Å². The zero-order valence-corrected chi connectivity index (χ0v) is 13.7. The Hall–Kier alpha value is -1.16. The number of piperazine rings is 1. The summed E-state index contributed by atoms with van der Waals surface area (Å²) >= 11 is 3.28. The predicted octanol–water partition coefficient (Wildman–Crippen LogP) is 0.502. The summed E-state index contributed by atoms with van der Waals surface area (Å²) in [5.74, 6) is 0.122. The highest BCUT2D eigenvalue weighted by Crippen LogP contribution is 2.25. The molecule has 0 radical (unpaired) electrons. The maximum Gasteiger partial charge on any atom is 0.244 e. The van der Waals surface area contributed by atoms with Crippen LogP contribution in [0, 0.1) is 0 Å². The van der Waals surface area contributed by atoms with Crippen molar-refractivity contribution in [3.05, 3.63) is 28.7 Å². The molecule has 0 aromatic heterocycles. The number of benzene rings is 1. The molecule has 0 bridgehead atoms. The van der Waals surface area contributed by atoms with Crippen LogP contribution < -0.4 is 5.73 Å². The standard InChI is InChI=1S/C12H17BrN4O3S/c13-10-3-1-2-4-11(10)21(19,20)17-7-5-16(6-8-17)9-12(14)15-18/h1-4,18H,5-9H2,(H2,14,15). The third-order valence-electron chi connectivity index (χ3n) is 3.30. The smallest absolute Gasteiger partial charge is 0.244 e. The first-order valence-corrected chi connectivity index (χ1v) is 8.62. The Kier molecular flexibility index (Phi) is 5.20. The molecule has 9 heteroatoms. The highest BCUT2D eigenvalue weighted by molar-refractivity contribution is 9.10. The van der Waals surface area contributed by atoms with E-state index in [-0.39, 0.29) is 10.7 Å². The number of nitrogens with zero attached hydrogens (tertiary/aromatic N) is 3. The van der Waals surface area contributed by atoms with E-state index in [9.17, 15) is 8.42 Å². The molecule has 3 N–H and O–H groups in total. The number of oxime groups is 1. The third kappa shape index (κ3) is 3.73. The summed E-state index contributed by atoms with van der Waals surface area (Å²) < 4.78 is 27.2. The van der Waals surface area contributed by atoms with E-state index < -0.39 is 10.0 Å². The van der Waals surface area contributed by atoms with Gasteiger partial charge in [-0.15, -0.1) is 0 Å². The molecule has 0 atom stereocenters. The van der Waals surface area contributed by atoms with Crippen LogP contribution in [0.4, 0.5) is 0 Å². The summed E-state index contributed by atoms with van der Waals surface area (Å²) in [6.07, 6.45) is 0. The molecule has 2 rings (SSSR count). The first-order chi connectivity index (χ1) is 9.95. The van der Waals surface area contributed by atoms with Gasteiger partial charge in [0.15, 0.2) is 5.84 Å². The molecule has 7 nitrogen and oxygen atoms in total. The minimum atomic E-state index is -3.50. The Labute approximate surface area is 132 Å². The van der Waals surface area contributed by atoms with Crippen LogP contribution in [0.25, 0.3) is 0 Å². The van der Waals surface area contributed by atoms with E-state index in [2.05, 4.69) is 21.1 Å². The largest absolute Gasteiger partial charge is 0.409 e. The zero-order chi connectivity index (χ0) is 15.5. The highest BCUT2D eigenvalue weighted by Gasteiger charge is 2.29. The molecule has 1 aromatic carbocycles. The van der Waals surface area contributed by atoms with Gasteiger partial charge < -0.3 is 10.9 Å². The number of hydrogen-bond acceptors (Lipinski definition) is 5. The zero-order valence-electron chi connectivity index (χ0n) is 11.3. The maximum atomic E-state index is 12.6. The number of nitrogens with two attached hydrogens (primary N) is 1. The number of rotatable bonds is 4. The molecular formula is C12H17BrN4O3S. The molecule has 0 aliphatic carbocycles. The quantitative estimate of drug-likeness (QED) is 0.345. The van der Waals surface area contributed by atoms with Gasteiger partial charge in [-0.1, -0.05) is 17.3 Å². The molecule has 1 aromatic rings. The van der Waals surface area contributed by atoms with Crippen molar-refractivity contribution in [1.82, 2.24) is 9.21 Å². The van der Waals surface area contributed by atoms with Crippen LogP contribution in [-0.4, -0.2) is 61.4 Å². The lowest BCUT2D eigenvalue weighted by atomic mass is 10.3. The van der Waals surface area contributed by atoms with Gasteiger partial charge in [-0.25, -0.2) is 8.42 Å². The summed E-state index contributed by atoms with van der Waals surface area (Å²) in [6.45, 7) is 2.17. The van der Waals surface area contributed by atoms with Gasteiger partial charge in [-0.3, -0.25) is 4.90 Å². The van der Waals surface area contributed by atoms with Crippen molar-refractivity contribution in [2.45, 2.75) is 4.90 Å². The first kappa shape index (κ1) is 16.2. The van der Waals surface area contributed by atoms with E-state index in [1.165, 1.54) is 4.31 Å². The van der Waals surface area contributed by atoms with E-state index in [1.807, 2.05) is 4.90 Å². The lowest BCUT2D eigenvalue weighted by Crippen LogP contribution is -2.50. The fraction of sp³-hybridized carbons (Fsp3) is 0.417. The third-order valence-corrected chi connectivity index (χ3v) is 6.21. The Morgan fingerprint density at radius 3 is 2.48 bits per heavy atom. The molecule has 116 valence electrons. The molecule has 1 aliphatic heterocycles. The second kappa shape index (κ2) is 6.73. The predicted molar refractivity (Wildman–Crippen MR) is 82.7 cm³/mol. The average molecular weight is 377 g/mol. The number of hydrogen-bond donors (Lipinski definition) is 2. The maximum absolute atomic E-state index is 12.6. The summed E-state index contributed by atoms with van der Waals surface area (Å²) in [5.41, 5.74) is 5.46. The van der Waals surface area contributed by atoms with Gasteiger partial charge >= 0.3 is 0 Å². The van der Waals surface area contributed by atoms with Gasteiger partial charge in [0, 0.05) is 30.7 Å². The minimum absolute atomic E-state index is 0.122. The van der Waals surface area contributed by atoms with Crippen molar-refractivity contribution < 1.29 is 13.6 Å². The Balaban J connectivity index is 2.07.